The fourth-order valence-electron chi connectivity index (χ4n) is 1.58. The number of aromatic nitrogens is 1. The first-order chi connectivity index (χ1) is 9.17. The molecule has 0 atom stereocenters. The average molecular weight is 296 g/mol. The van der Waals surface area contributed by atoms with Crippen LogP contribution in [0.4, 0.5) is 9.52 Å². The van der Waals surface area contributed by atoms with Gasteiger partial charge >= 0.3 is 0 Å². The van der Waals surface area contributed by atoms with Crippen molar-refractivity contribution >= 4 is 34.1 Å². The van der Waals surface area contributed by atoms with Gasteiger partial charge in [-0.15, -0.1) is 11.3 Å². The highest BCUT2D eigenvalue weighted by Gasteiger charge is 2.07. The summed E-state index contributed by atoms with van der Waals surface area (Å²) < 4.78 is 13.1. The molecule has 1 aromatic heterocycles. The summed E-state index contributed by atoms with van der Waals surface area (Å²) in [6.45, 7) is 0. The molecular weight excluding hydrogens is 283 g/mol. The molecule has 0 aliphatic carbocycles. The van der Waals surface area contributed by atoms with E-state index in [1.807, 2.05) is 12.3 Å². The van der Waals surface area contributed by atoms with E-state index >= 15 is 0 Å². The Hall–Kier alpha value is -1.40. The fraction of sp³-hybridized carbons (Fsp3) is 0.231. The van der Waals surface area contributed by atoms with Gasteiger partial charge in [-0.05, 0) is 24.0 Å². The van der Waals surface area contributed by atoms with E-state index < -0.39 is 0 Å². The number of anilines is 1. The zero-order valence-electron chi connectivity index (χ0n) is 10.4. The molecule has 0 fully saturated rings. The van der Waals surface area contributed by atoms with Crippen molar-refractivity contribution in [1.29, 1.82) is 0 Å². The summed E-state index contributed by atoms with van der Waals surface area (Å²) in [5.41, 5.74) is 0.894. The van der Waals surface area contributed by atoms with Crippen molar-refractivity contribution in [2.45, 2.75) is 6.42 Å². The molecule has 19 heavy (non-hydrogen) atoms. The normalized spacial score (nSPS) is 10.4. The number of nitrogens with zero attached hydrogens (tertiary/aromatic N) is 1. The van der Waals surface area contributed by atoms with Crippen LogP contribution in [-0.4, -0.2) is 22.9 Å². The number of rotatable bonds is 5. The summed E-state index contributed by atoms with van der Waals surface area (Å²) in [4.78, 5) is 16.5. The number of carbonyl (C=O) groups excluding carboxylic acids is 1. The summed E-state index contributed by atoms with van der Waals surface area (Å²) in [5.74, 6) is 0.119. The largest absolute Gasteiger partial charge is 0.301 e. The monoisotopic (exact) mass is 296 g/mol. The Balaban J connectivity index is 1.99. The number of thioether (sulfide) groups is 1. The second kappa shape index (κ2) is 6.68. The van der Waals surface area contributed by atoms with Crippen molar-refractivity contribution in [2.75, 3.05) is 17.3 Å². The van der Waals surface area contributed by atoms with E-state index in [-0.39, 0.29) is 11.7 Å². The van der Waals surface area contributed by atoms with Crippen LogP contribution in [0, 0.1) is 5.82 Å². The van der Waals surface area contributed by atoms with Gasteiger partial charge in [0, 0.05) is 17.5 Å². The Labute approximate surface area is 119 Å². The van der Waals surface area contributed by atoms with Crippen LogP contribution in [0.25, 0.3) is 0 Å². The van der Waals surface area contributed by atoms with Crippen molar-refractivity contribution in [3.63, 3.8) is 0 Å². The van der Waals surface area contributed by atoms with Gasteiger partial charge < -0.3 is 5.32 Å². The smallest absolute Gasteiger partial charge is 0.236 e. The lowest BCUT2D eigenvalue weighted by molar-refractivity contribution is -0.113. The number of halogens is 1. The van der Waals surface area contributed by atoms with Crippen molar-refractivity contribution in [2.24, 2.45) is 0 Å². The van der Waals surface area contributed by atoms with Gasteiger partial charge in [0.25, 0.3) is 0 Å². The van der Waals surface area contributed by atoms with E-state index in [1.54, 1.807) is 12.3 Å². The molecule has 0 spiro atoms. The molecular formula is C13H13FN2OS2. The lowest BCUT2D eigenvalue weighted by Gasteiger charge is -1.99. The van der Waals surface area contributed by atoms with E-state index in [1.165, 1.54) is 35.2 Å². The molecule has 0 saturated heterocycles. The lowest BCUT2D eigenvalue weighted by atomic mass is 10.1. The number of amides is 1. The highest BCUT2D eigenvalue weighted by Crippen LogP contribution is 2.21. The van der Waals surface area contributed by atoms with Crippen LogP contribution < -0.4 is 5.32 Å². The van der Waals surface area contributed by atoms with Crippen LogP contribution in [0.15, 0.2) is 30.5 Å². The van der Waals surface area contributed by atoms with Gasteiger partial charge in [-0.2, -0.15) is 11.8 Å². The van der Waals surface area contributed by atoms with E-state index in [2.05, 4.69) is 10.3 Å². The molecule has 6 heteroatoms. The maximum Gasteiger partial charge on any atom is 0.236 e. The van der Waals surface area contributed by atoms with Crippen LogP contribution in [-0.2, 0) is 11.2 Å². The SMILES string of the molecule is CSCC(=O)Nc1ncc(Cc2cccc(F)c2)s1. The highest BCUT2D eigenvalue weighted by atomic mass is 32.2. The molecule has 1 heterocycles. The standard InChI is InChI=1S/C13H13FN2OS2/c1-18-8-12(17)16-13-15-7-11(19-13)6-9-3-2-4-10(14)5-9/h2-5,7H,6,8H2,1H3,(H,15,16,17). The van der Waals surface area contributed by atoms with Gasteiger partial charge in [0.05, 0.1) is 5.75 Å². The summed E-state index contributed by atoms with van der Waals surface area (Å²) in [6, 6.07) is 6.48. The molecule has 100 valence electrons. The number of benzene rings is 1. The van der Waals surface area contributed by atoms with Crippen LogP contribution in [0.3, 0.4) is 0 Å². The molecule has 2 aromatic rings. The van der Waals surface area contributed by atoms with Gasteiger partial charge in [0.1, 0.15) is 5.82 Å². The summed E-state index contributed by atoms with van der Waals surface area (Å²) >= 11 is 2.88. The van der Waals surface area contributed by atoms with Crippen LogP contribution in [0.2, 0.25) is 0 Å². The van der Waals surface area contributed by atoms with Gasteiger partial charge in [-0.25, -0.2) is 9.37 Å². The van der Waals surface area contributed by atoms with E-state index in [9.17, 15) is 9.18 Å². The van der Waals surface area contributed by atoms with Gasteiger partial charge in [-0.3, -0.25) is 4.79 Å². The minimum Gasteiger partial charge on any atom is -0.301 e. The Kier molecular flexibility index (Phi) is 4.93. The highest BCUT2D eigenvalue weighted by molar-refractivity contribution is 7.99. The van der Waals surface area contributed by atoms with E-state index in [4.69, 9.17) is 0 Å². The molecule has 0 radical (unpaired) electrons. The Morgan fingerprint density at radius 1 is 1.53 bits per heavy atom. The molecule has 3 nitrogen and oxygen atoms in total. The maximum atomic E-state index is 13.1. The average Bonchev–Trinajstić information content (AvgIpc) is 2.76. The van der Waals surface area contributed by atoms with Crippen LogP contribution >= 0.6 is 23.1 Å². The van der Waals surface area contributed by atoms with Gasteiger partial charge in [0.15, 0.2) is 5.13 Å². The number of carbonyl (C=O) groups is 1. The predicted molar refractivity (Wildman–Crippen MR) is 78.3 cm³/mol. The number of nitrogens with one attached hydrogen (secondary N) is 1. The molecule has 0 unspecified atom stereocenters. The van der Waals surface area contributed by atoms with Crippen molar-refractivity contribution in [3.05, 3.63) is 46.7 Å². The van der Waals surface area contributed by atoms with Gasteiger partial charge in [0.2, 0.25) is 5.91 Å². The van der Waals surface area contributed by atoms with Crippen LogP contribution in [0.5, 0.6) is 0 Å². The van der Waals surface area contributed by atoms with Gasteiger partial charge in [-0.1, -0.05) is 12.1 Å². The second-order valence-electron chi connectivity index (χ2n) is 3.92. The molecule has 0 saturated carbocycles. The number of hydrogen-bond acceptors (Lipinski definition) is 4. The minimum absolute atomic E-state index is 0.0563. The molecule has 2 rings (SSSR count). The Morgan fingerprint density at radius 2 is 2.37 bits per heavy atom. The molecule has 1 aromatic carbocycles. The summed E-state index contributed by atoms with van der Waals surface area (Å²) in [7, 11) is 0. The third-order valence-electron chi connectivity index (χ3n) is 2.34. The minimum atomic E-state index is -0.240. The topological polar surface area (TPSA) is 42.0 Å². The van der Waals surface area contributed by atoms with Crippen molar-refractivity contribution in [1.82, 2.24) is 4.98 Å². The summed E-state index contributed by atoms with van der Waals surface area (Å²) in [5, 5.41) is 3.32. The van der Waals surface area contributed by atoms with Crippen molar-refractivity contribution < 1.29 is 9.18 Å². The molecule has 0 aliphatic rings. The molecule has 1 N–H and O–H groups in total. The quantitative estimate of drug-likeness (QED) is 0.921. The van der Waals surface area contributed by atoms with E-state index in [0.29, 0.717) is 17.3 Å². The Bertz CT molecular complexity index is 571. The number of thiazole rings is 1. The molecule has 1 amide bonds. The second-order valence-corrected chi connectivity index (χ2v) is 5.90. The lowest BCUT2D eigenvalue weighted by Crippen LogP contribution is -2.13. The first-order valence-corrected chi connectivity index (χ1v) is 7.86. The fourth-order valence-corrected chi connectivity index (χ4v) is 2.78. The third-order valence-corrected chi connectivity index (χ3v) is 3.81. The Morgan fingerprint density at radius 3 is 3.11 bits per heavy atom. The molecule has 0 aliphatic heterocycles. The maximum absolute atomic E-state index is 13.1. The van der Waals surface area contributed by atoms with Crippen LogP contribution in [0.1, 0.15) is 10.4 Å². The zero-order chi connectivity index (χ0) is 13.7. The van der Waals surface area contributed by atoms with Crippen molar-refractivity contribution in [3.8, 4) is 0 Å². The number of hydrogen-bond donors (Lipinski definition) is 1. The van der Waals surface area contributed by atoms with E-state index in [0.717, 1.165) is 10.4 Å². The third kappa shape index (κ3) is 4.33. The first-order valence-electron chi connectivity index (χ1n) is 5.65. The first kappa shape index (κ1) is 14.0. The molecule has 0 bridgehead atoms. The predicted octanol–water partition coefficient (Wildman–Crippen LogP) is 3.17. The zero-order valence-corrected chi connectivity index (χ0v) is 12.0. The summed E-state index contributed by atoms with van der Waals surface area (Å²) in [6.07, 6.45) is 4.20.